The lowest BCUT2D eigenvalue weighted by molar-refractivity contribution is -0.123. The fraction of sp³-hybridized carbons (Fsp3) is 0.929. The molecule has 0 aliphatic carbocycles. The van der Waals surface area contributed by atoms with Gasteiger partial charge in [-0.25, -0.2) is 0 Å². The van der Waals surface area contributed by atoms with E-state index in [1.807, 2.05) is 0 Å². The zero-order valence-corrected chi connectivity index (χ0v) is 12.2. The monoisotopic (exact) mass is 242 g/mol. The molecule has 1 atom stereocenters. The van der Waals surface area contributed by atoms with Crippen molar-refractivity contribution in [3.8, 4) is 0 Å². The van der Waals surface area contributed by atoms with Gasteiger partial charge in [-0.3, -0.25) is 4.79 Å². The summed E-state index contributed by atoms with van der Waals surface area (Å²) in [7, 11) is 0. The van der Waals surface area contributed by atoms with Crippen molar-refractivity contribution >= 4 is 5.91 Å². The first-order valence-corrected chi connectivity index (χ1v) is 6.87. The number of nitrogens with one attached hydrogen (secondary N) is 1. The number of amides is 1. The van der Waals surface area contributed by atoms with E-state index in [0.717, 1.165) is 19.3 Å². The normalized spacial score (nSPS) is 13.8. The van der Waals surface area contributed by atoms with Crippen molar-refractivity contribution in [2.45, 2.75) is 65.8 Å². The number of nitrogens with two attached hydrogens (primary N) is 1. The number of rotatable bonds is 8. The average Bonchev–Trinajstić information content (AvgIpc) is 2.27. The molecule has 0 rings (SSSR count). The minimum Gasteiger partial charge on any atom is -0.351 e. The van der Waals surface area contributed by atoms with Gasteiger partial charge in [-0.15, -0.1) is 0 Å². The van der Waals surface area contributed by atoms with Crippen LogP contribution in [0.25, 0.3) is 0 Å². The first-order valence-electron chi connectivity index (χ1n) is 6.87. The van der Waals surface area contributed by atoms with Crippen LogP contribution in [0.2, 0.25) is 0 Å². The molecular weight excluding hydrogens is 212 g/mol. The van der Waals surface area contributed by atoms with E-state index in [1.165, 1.54) is 0 Å². The van der Waals surface area contributed by atoms with Crippen molar-refractivity contribution in [2.24, 2.45) is 17.6 Å². The van der Waals surface area contributed by atoms with Crippen molar-refractivity contribution in [3.63, 3.8) is 0 Å². The van der Waals surface area contributed by atoms with Crippen LogP contribution in [0.5, 0.6) is 0 Å². The largest absolute Gasteiger partial charge is 0.351 e. The zero-order valence-electron chi connectivity index (χ0n) is 12.2. The molecule has 0 bridgehead atoms. The topological polar surface area (TPSA) is 55.1 Å². The summed E-state index contributed by atoms with van der Waals surface area (Å²) in [6.07, 6.45) is 3.52. The molecule has 102 valence electrons. The van der Waals surface area contributed by atoms with Gasteiger partial charge in [0, 0.05) is 12.0 Å². The maximum Gasteiger partial charge on any atom is 0.220 e. The second-order valence-electron chi connectivity index (χ2n) is 5.75. The Morgan fingerprint density at radius 3 is 2.18 bits per heavy atom. The second kappa shape index (κ2) is 7.70. The van der Waals surface area contributed by atoms with Gasteiger partial charge in [-0.1, -0.05) is 27.7 Å². The van der Waals surface area contributed by atoms with Gasteiger partial charge in [0.25, 0.3) is 0 Å². The van der Waals surface area contributed by atoms with Crippen molar-refractivity contribution in [1.29, 1.82) is 0 Å². The molecule has 1 unspecified atom stereocenters. The molecule has 0 saturated carbocycles. The lowest BCUT2D eigenvalue weighted by atomic mass is 9.92. The molecule has 0 aromatic carbocycles. The molecule has 0 fully saturated rings. The van der Waals surface area contributed by atoms with Gasteiger partial charge in [0.05, 0.1) is 0 Å². The van der Waals surface area contributed by atoms with Crippen molar-refractivity contribution < 1.29 is 4.79 Å². The van der Waals surface area contributed by atoms with Crippen LogP contribution in [0.15, 0.2) is 0 Å². The van der Waals surface area contributed by atoms with Crippen LogP contribution in [0.3, 0.4) is 0 Å². The van der Waals surface area contributed by atoms with Gasteiger partial charge in [-0.05, 0) is 44.6 Å². The number of carbonyl (C=O) groups is 1. The van der Waals surface area contributed by atoms with Crippen molar-refractivity contribution in [3.05, 3.63) is 0 Å². The van der Waals surface area contributed by atoms with E-state index in [0.29, 0.717) is 24.8 Å². The maximum atomic E-state index is 12.0. The van der Waals surface area contributed by atoms with E-state index in [2.05, 4.69) is 39.9 Å². The highest BCUT2D eigenvalue weighted by Gasteiger charge is 2.23. The Hall–Kier alpha value is -0.570. The summed E-state index contributed by atoms with van der Waals surface area (Å²) in [5.74, 6) is 1.06. The molecule has 0 saturated heterocycles. The maximum absolute atomic E-state index is 12.0. The van der Waals surface area contributed by atoms with Gasteiger partial charge in [-0.2, -0.15) is 0 Å². The Morgan fingerprint density at radius 1 is 1.29 bits per heavy atom. The molecule has 0 spiro atoms. The van der Waals surface area contributed by atoms with Gasteiger partial charge in [0.1, 0.15) is 0 Å². The minimum atomic E-state index is -0.0614. The Balaban J connectivity index is 4.23. The Morgan fingerprint density at radius 2 is 1.82 bits per heavy atom. The van der Waals surface area contributed by atoms with Crippen LogP contribution in [0, 0.1) is 11.8 Å². The zero-order chi connectivity index (χ0) is 13.5. The summed E-state index contributed by atoms with van der Waals surface area (Å²) >= 11 is 0. The van der Waals surface area contributed by atoms with Crippen molar-refractivity contribution in [2.75, 3.05) is 6.54 Å². The van der Waals surface area contributed by atoms with Gasteiger partial charge < -0.3 is 11.1 Å². The molecule has 0 aromatic heterocycles. The van der Waals surface area contributed by atoms with E-state index >= 15 is 0 Å². The van der Waals surface area contributed by atoms with E-state index in [4.69, 9.17) is 5.73 Å². The van der Waals surface area contributed by atoms with Gasteiger partial charge in [0.2, 0.25) is 5.91 Å². The number of hydrogen-bond donors (Lipinski definition) is 2. The third-order valence-electron chi connectivity index (χ3n) is 3.61. The molecule has 3 nitrogen and oxygen atoms in total. The first-order chi connectivity index (χ1) is 7.86. The van der Waals surface area contributed by atoms with Crippen LogP contribution in [0.1, 0.15) is 60.3 Å². The standard InChI is InChI=1S/C14H30N2O/c1-6-14(5,7-2)16-13(17)9-12(10-15)8-11(3)4/h11-12H,6-10,15H2,1-5H3,(H,16,17). The smallest absolute Gasteiger partial charge is 0.220 e. The average molecular weight is 242 g/mol. The molecule has 17 heavy (non-hydrogen) atoms. The van der Waals surface area contributed by atoms with E-state index in [9.17, 15) is 4.79 Å². The predicted octanol–water partition coefficient (Wildman–Crippen LogP) is 2.69. The van der Waals surface area contributed by atoms with Crippen LogP contribution in [0.4, 0.5) is 0 Å². The van der Waals surface area contributed by atoms with E-state index in [-0.39, 0.29) is 11.4 Å². The number of carbonyl (C=O) groups excluding carboxylic acids is 1. The summed E-state index contributed by atoms with van der Waals surface area (Å²) in [4.78, 5) is 12.0. The van der Waals surface area contributed by atoms with Crippen LogP contribution in [-0.4, -0.2) is 18.0 Å². The molecule has 0 heterocycles. The van der Waals surface area contributed by atoms with Crippen LogP contribution in [-0.2, 0) is 4.79 Å². The third-order valence-corrected chi connectivity index (χ3v) is 3.61. The quantitative estimate of drug-likeness (QED) is 0.687. The highest BCUT2D eigenvalue weighted by Crippen LogP contribution is 2.17. The predicted molar refractivity (Wildman–Crippen MR) is 73.7 cm³/mol. The highest BCUT2D eigenvalue weighted by molar-refractivity contribution is 5.77. The second-order valence-corrected chi connectivity index (χ2v) is 5.75. The summed E-state index contributed by atoms with van der Waals surface area (Å²) in [6.45, 7) is 11.3. The van der Waals surface area contributed by atoms with Crippen LogP contribution >= 0.6 is 0 Å². The lowest BCUT2D eigenvalue weighted by Gasteiger charge is -2.29. The Bertz CT molecular complexity index is 222. The summed E-state index contributed by atoms with van der Waals surface area (Å²) < 4.78 is 0. The summed E-state index contributed by atoms with van der Waals surface area (Å²) in [6, 6.07) is 0. The molecular formula is C14H30N2O. The molecule has 0 aliphatic heterocycles. The molecule has 0 aliphatic rings. The molecule has 3 N–H and O–H groups in total. The summed E-state index contributed by atoms with van der Waals surface area (Å²) in [5, 5.41) is 3.14. The van der Waals surface area contributed by atoms with E-state index in [1.54, 1.807) is 0 Å². The summed E-state index contributed by atoms with van der Waals surface area (Å²) in [5.41, 5.74) is 5.66. The SMILES string of the molecule is CCC(C)(CC)NC(=O)CC(CN)CC(C)C. The fourth-order valence-corrected chi connectivity index (χ4v) is 2.01. The molecule has 1 amide bonds. The minimum absolute atomic E-state index is 0.0614. The van der Waals surface area contributed by atoms with Crippen LogP contribution < -0.4 is 11.1 Å². The Labute approximate surface area is 107 Å². The molecule has 0 aromatic rings. The van der Waals surface area contributed by atoms with Crippen molar-refractivity contribution in [1.82, 2.24) is 5.32 Å². The van der Waals surface area contributed by atoms with Gasteiger partial charge >= 0.3 is 0 Å². The van der Waals surface area contributed by atoms with Gasteiger partial charge in [0.15, 0.2) is 0 Å². The highest BCUT2D eigenvalue weighted by atomic mass is 16.1. The third kappa shape index (κ3) is 6.67. The Kier molecular flexibility index (Phi) is 7.44. The lowest BCUT2D eigenvalue weighted by Crippen LogP contribution is -2.45. The molecule has 3 heteroatoms. The molecule has 0 radical (unpaired) electrons. The van der Waals surface area contributed by atoms with E-state index < -0.39 is 0 Å². The number of hydrogen-bond acceptors (Lipinski definition) is 2. The fourth-order valence-electron chi connectivity index (χ4n) is 2.01. The first kappa shape index (κ1) is 16.4.